The molecule has 7 heteroatoms. The summed E-state index contributed by atoms with van der Waals surface area (Å²) < 4.78 is 6.79. The Labute approximate surface area is 125 Å². The van der Waals surface area contributed by atoms with Crippen molar-refractivity contribution in [3.05, 3.63) is 29.3 Å². The third-order valence-electron chi connectivity index (χ3n) is 3.08. The summed E-state index contributed by atoms with van der Waals surface area (Å²) in [4.78, 5) is 11.5. The Balaban J connectivity index is 1.89. The van der Waals surface area contributed by atoms with Crippen LogP contribution in [0.15, 0.2) is 29.4 Å². The third kappa shape index (κ3) is 2.41. The smallest absolute Gasteiger partial charge is 0.319 e. The van der Waals surface area contributed by atoms with Gasteiger partial charge in [-0.2, -0.15) is 0 Å². The van der Waals surface area contributed by atoms with Gasteiger partial charge in [-0.15, -0.1) is 10.2 Å². The molecule has 1 aromatic heterocycles. The highest BCUT2D eigenvalue weighted by Gasteiger charge is 2.29. The molecule has 1 fully saturated rings. The number of cyclic esters (lactones) is 1. The Kier molecular flexibility index (Phi) is 3.67. The normalized spacial score (nSPS) is 18.3. The number of carbonyl (C=O) groups is 1. The van der Waals surface area contributed by atoms with E-state index in [1.807, 2.05) is 35.9 Å². The first-order chi connectivity index (χ1) is 9.66. The fourth-order valence-electron chi connectivity index (χ4n) is 2.01. The number of ether oxygens (including phenoxy) is 1. The lowest BCUT2D eigenvalue weighted by atomic mass is 10.2. The van der Waals surface area contributed by atoms with E-state index in [4.69, 9.17) is 16.3 Å². The molecule has 0 aliphatic carbocycles. The summed E-state index contributed by atoms with van der Waals surface area (Å²) in [5.74, 6) is 0.502. The summed E-state index contributed by atoms with van der Waals surface area (Å²) >= 11 is 7.55. The number of benzene rings is 1. The van der Waals surface area contributed by atoms with Gasteiger partial charge in [0.1, 0.15) is 5.25 Å². The van der Waals surface area contributed by atoms with Crippen molar-refractivity contribution in [1.82, 2.24) is 14.8 Å². The number of halogens is 1. The van der Waals surface area contributed by atoms with Crippen LogP contribution in [0.3, 0.4) is 0 Å². The molecule has 1 saturated heterocycles. The Hall–Kier alpha value is -1.53. The fraction of sp³-hybridized carbons (Fsp3) is 0.308. The van der Waals surface area contributed by atoms with Crippen LogP contribution in [-0.2, 0) is 16.6 Å². The lowest BCUT2D eigenvalue weighted by Crippen LogP contribution is -2.10. The van der Waals surface area contributed by atoms with E-state index in [0.717, 1.165) is 5.56 Å². The lowest BCUT2D eigenvalue weighted by Gasteiger charge is -2.06. The standard InChI is InChI=1S/C13H12ClN3O2S/c1-17-11(8-4-2-3-5-9(8)14)15-16-13(17)20-10-6-7-19-12(10)18/h2-5,10H,6-7H2,1H3/t10-/m0/s1. The average Bonchev–Trinajstić information content (AvgIpc) is 2.99. The van der Waals surface area contributed by atoms with Crippen LogP contribution < -0.4 is 0 Å². The number of hydrogen-bond donors (Lipinski definition) is 0. The van der Waals surface area contributed by atoms with Gasteiger partial charge in [0, 0.05) is 19.0 Å². The van der Waals surface area contributed by atoms with Crippen LogP contribution in [0.1, 0.15) is 6.42 Å². The molecular weight excluding hydrogens is 298 g/mol. The van der Waals surface area contributed by atoms with Crippen molar-refractivity contribution in [3.63, 3.8) is 0 Å². The van der Waals surface area contributed by atoms with E-state index in [9.17, 15) is 4.79 Å². The van der Waals surface area contributed by atoms with E-state index >= 15 is 0 Å². The van der Waals surface area contributed by atoms with E-state index in [-0.39, 0.29) is 11.2 Å². The van der Waals surface area contributed by atoms with Crippen molar-refractivity contribution < 1.29 is 9.53 Å². The zero-order valence-electron chi connectivity index (χ0n) is 10.7. The molecule has 2 heterocycles. The largest absolute Gasteiger partial charge is 0.465 e. The molecule has 1 atom stereocenters. The monoisotopic (exact) mass is 309 g/mol. The molecule has 5 nitrogen and oxygen atoms in total. The Morgan fingerprint density at radius 2 is 2.20 bits per heavy atom. The minimum Gasteiger partial charge on any atom is -0.465 e. The number of carbonyl (C=O) groups excluding carboxylic acids is 1. The zero-order valence-corrected chi connectivity index (χ0v) is 12.3. The highest BCUT2D eigenvalue weighted by Crippen LogP contribution is 2.32. The van der Waals surface area contributed by atoms with Crippen LogP contribution in [0.4, 0.5) is 0 Å². The van der Waals surface area contributed by atoms with Crippen LogP contribution >= 0.6 is 23.4 Å². The van der Waals surface area contributed by atoms with E-state index < -0.39 is 0 Å². The second-order valence-corrected chi connectivity index (χ2v) is 5.98. The Morgan fingerprint density at radius 1 is 1.40 bits per heavy atom. The van der Waals surface area contributed by atoms with Crippen LogP contribution in [0.2, 0.25) is 5.02 Å². The molecule has 0 N–H and O–H groups in total. The van der Waals surface area contributed by atoms with Crippen LogP contribution in [0, 0.1) is 0 Å². The first-order valence-electron chi connectivity index (χ1n) is 6.14. The summed E-state index contributed by atoms with van der Waals surface area (Å²) in [6.07, 6.45) is 0.706. The molecule has 0 radical (unpaired) electrons. The maximum atomic E-state index is 11.5. The Bertz CT molecular complexity index is 659. The molecular formula is C13H12ClN3O2S. The Morgan fingerprint density at radius 3 is 2.90 bits per heavy atom. The van der Waals surface area contributed by atoms with Crippen LogP contribution in [0.5, 0.6) is 0 Å². The summed E-state index contributed by atoms with van der Waals surface area (Å²) in [5.41, 5.74) is 0.824. The maximum absolute atomic E-state index is 11.5. The second kappa shape index (κ2) is 5.46. The first-order valence-corrected chi connectivity index (χ1v) is 7.40. The van der Waals surface area contributed by atoms with Gasteiger partial charge in [-0.1, -0.05) is 35.5 Å². The van der Waals surface area contributed by atoms with Crippen LogP contribution in [-0.4, -0.2) is 32.6 Å². The van der Waals surface area contributed by atoms with Crippen molar-refractivity contribution in [2.24, 2.45) is 7.05 Å². The topological polar surface area (TPSA) is 57.0 Å². The maximum Gasteiger partial charge on any atom is 0.319 e. The molecule has 104 valence electrons. The molecule has 1 aromatic carbocycles. The van der Waals surface area contributed by atoms with Gasteiger partial charge in [0.2, 0.25) is 0 Å². The van der Waals surface area contributed by atoms with Gasteiger partial charge in [0.05, 0.1) is 11.6 Å². The molecule has 0 spiro atoms. The van der Waals surface area contributed by atoms with E-state index in [1.54, 1.807) is 0 Å². The van der Waals surface area contributed by atoms with Gasteiger partial charge < -0.3 is 9.30 Å². The molecule has 1 aliphatic rings. The van der Waals surface area contributed by atoms with E-state index in [0.29, 0.717) is 29.0 Å². The molecule has 2 aromatic rings. The van der Waals surface area contributed by atoms with Crippen molar-refractivity contribution in [3.8, 4) is 11.4 Å². The zero-order chi connectivity index (χ0) is 14.1. The molecule has 0 bridgehead atoms. The fourth-order valence-corrected chi connectivity index (χ4v) is 3.19. The summed E-state index contributed by atoms with van der Waals surface area (Å²) in [6, 6.07) is 7.47. The van der Waals surface area contributed by atoms with E-state index in [1.165, 1.54) is 11.8 Å². The first kappa shape index (κ1) is 13.5. The minimum atomic E-state index is -0.197. The predicted octanol–water partition coefficient (Wildman–Crippen LogP) is 2.54. The van der Waals surface area contributed by atoms with Crippen molar-refractivity contribution >= 4 is 29.3 Å². The third-order valence-corrected chi connectivity index (χ3v) is 4.69. The molecule has 0 unspecified atom stereocenters. The SMILES string of the molecule is Cn1c(S[C@H]2CCOC2=O)nnc1-c1ccccc1Cl. The summed E-state index contributed by atoms with van der Waals surface area (Å²) in [6.45, 7) is 0.478. The van der Waals surface area contributed by atoms with Crippen molar-refractivity contribution in [1.29, 1.82) is 0 Å². The molecule has 0 amide bonds. The quantitative estimate of drug-likeness (QED) is 0.816. The number of rotatable bonds is 3. The highest BCUT2D eigenvalue weighted by atomic mass is 35.5. The predicted molar refractivity (Wildman–Crippen MR) is 76.7 cm³/mol. The molecule has 0 saturated carbocycles. The van der Waals surface area contributed by atoms with Gasteiger partial charge in [-0.05, 0) is 12.1 Å². The number of hydrogen-bond acceptors (Lipinski definition) is 5. The second-order valence-electron chi connectivity index (χ2n) is 4.41. The van der Waals surface area contributed by atoms with Crippen LogP contribution in [0.25, 0.3) is 11.4 Å². The van der Waals surface area contributed by atoms with Gasteiger partial charge >= 0.3 is 5.97 Å². The summed E-state index contributed by atoms with van der Waals surface area (Å²) in [7, 11) is 1.86. The number of esters is 1. The van der Waals surface area contributed by atoms with Gasteiger partial charge in [0.25, 0.3) is 0 Å². The number of nitrogens with zero attached hydrogens (tertiary/aromatic N) is 3. The molecule has 1 aliphatic heterocycles. The van der Waals surface area contributed by atoms with Gasteiger partial charge in [-0.25, -0.2) is 0 Å². The minimum absolute atomic E-state index is 0.183. The number of thioether (sulfide) groups is 1. The molecule has 3 rings (SSSR count). The lowest BCUT2D eigenvalue weighted by molar-refractivity contribution is -0.137. The average molecular weight is 310 g/mol. The van der Waals surface area contributed by atoms with Gasteiger partial charge in [-0.3, -0.25) is 4.79 Å². The molecule has 20 heavy (non-hydrogen) atoms. The van der Waals surface area contributed by atoms with Gasteiger partial charge in [0.15, 0.2) is 11.0 Å². The summed E-state index contributed by atoms with van der Waals surface area (Å²) in [5, 5.41) is 9.42. The van der Waals surface area contributed by atoms with Crippen molar-refractivity contribution in [2.75, 3.05) is 6.61 Å². The number of aromatic nitrogens is 3. The van der Waals surface area contributed by atoms with Crippen molar-refractivity contribution in [2.45, 2.75) is 16.8 Å². The highest BCUT2D eigenvalue weighted by molar-refractivity contribution is 8.00. The van der Waals surface area contributed by atoms with E-state index in [2.05, 4.69) is 10.2 Å².